The molecule has 53 heavy (non-hydrogen) atoms. The normalized spacial score (nSPS) is 16.4. The summed E-state index contributed by atoms with van der Waals surface area (Å²) in [6, 6.07) is 59.0. The van der Waals surface area contributed by atoms with Crippen molar-refractivity contribution in [2.45, 2.75) is 45.4 Å². The Morgan fingerprint density at radius 3 is 1.55 bits per heavy atom. The summed E-state index contributed by atoms with van der Waals surface area (Å²) in [7, 11) is 4.34. The molecule has 0 fully saturated rings. The lowest BCUT2D eigenvalue weighted by Crippen LogP contribution is -2.75. The molecule has 0 atom stereocenters. The van der Waals surface area contributed by atoms with Crippen LogP contribution in [-0.2, 0) is 10.8 Å². The van der Waals surface area contributed by atoms with Crippen LogP contribution >= 0.6 is 0 Å². The first-order chi connectivity index (χ1) is 25.6. The number of benzene rings is 6. The fourth-order valence-electron chi connectivity index (χ4n) is 9.25. The summed E-state index contributed by atoms with van der Waals surface area (Å²) in [4.78, 5) is 2.32. The van der Waals surface area contributed by atoms with E-state index in [9.17, 15) is 0 Å². The standard InChI is InChI=1S/C25H22B.C25H29N2/c1-21-13-11-12-20-25(21)26(22-14-5-2-6-15-22,23-16-7-3-8-17-23)24-18-9-4-10-19-24;1-24(2)18-12-7-9-14-20(18)26(5)22(24)16-11-17-23-25(3,4)19-13-8-10-15-21(19)27(23)6/h2-20H,1H3;7-17H,1-6H3/q-1;+1. The Morgan fingerprint density at radius 1 is 0.547 bits per heavy atom. The van der Waals surface area contributed by atoms with Gasteiger partial charge in [-0.1, -0.05) is 177 Å². The lowest BCUT2D eigenvalue weighted by Gasteiger charge is -2.45. The highest BCUT2D eigenvalue weighted by Gasteiger charge is 2.43. The van der Waals surface area contributed by atoms with E-state index in [0.29, 0.717) is 0 Å². The molecule has 264 valence electrons. The molecule has 0 unspecified atom stereocenters. The number of anilines is 1. The van der Waals surface area contributed by atoms with Crippen molar-refractivity contribution in [3.63, 3.8) is 0 Å². The van der Waals surface area contributed by atoms with Crippen molar-refractivity contribution in [2.24, 2.45) is 0 Å². The molecule has 6 aromatic rings. The predicted octanol–water partition coefficient (Wildman–Crippen LogP) is 8.93. The molecule has 0 spiro atoms. The average Bonchev–Trinajstić information content (AvgIpc) is 3.51. The zero-order valence-electron chi connectivity index (χ0n) is 32.3. The van der Waals surface area contributed by atoms with Crippen molar-refractivity contribution < 1.29 is 4.58 Å². The van der Waals surface area contributed by atoms with Crippen molar-refractivity contribution in [2.75, 3.05) is 19.0 Å². The molecule has 0 amide bonds. The van der Waals surface area contributed by atoms with Gasteiger partial charge in [-0.15, -0.1) is 0 Å². The first-order valence-electron chi connectivity index (χ1n) is 18.9. The molecule has 0 aromatic heterocycles. The van der Waals surface area contributed by atoms with Crippen molar-refractivity contribution in [3.8, 4) is 0 Å². The van der Waals surface area contributed by atoms with Gasteiger partial charge in [0.05, 0.1) is 5.41 Å². The van der Waals surface area contributed by atoms with Crippen molar-refractivity contribution in [3.05, 3.63) is 204 Å². The van der Waals surface area contributed by atoms with Crippen LogP contribution in [-0.4, -0.2) is 30.5 Å². The number of likely N-dealkylation sites (N-methyl/N-ethyl adjacent to an activating group) is 1. The van der Waals surface area contributed by atoms with Gasteiger partial charge in [0.2, 0.25) is 5.69 Å². The van der Waals surface area contributed by atoms with E-state index in [1.165, 1.54) is 61.3 Å². The first-order valence-corrected chi connectivity index (χ1v) is 18.9. The maximum absolute atomic E-state index is 2.32. The van der Waals surface area contributed by atoms with Gasteiger partial charge in [0.15, 0.2) is 5.71 Å². The molecule has 8 rings (SSSR count). The molecule has 2 nitrogen and oxygen atoms in total. The number of fused-ring (bicyclic) bond motifs is 2. The van der Waals surface area contributed by atoms with Crippen LogP contribution in [0.2, 0.25) is 0 Å². The van der Waals surface area contributed by atoms with Crippen LogP contribution in [0.3, 0.4) is 0 Å². The lowest BCUT2D eigenvalue weighted by atomic mass is 9.12. The van der Waals surface area contributed by atoms with Crippen LogP contribution in [0, 0.1) is 6.92 Å². The first kappa shape index (κ1) is 35.7. The molecule has 0 bridgehead atoms. The van der Waals surface area contributed by atoms with Crippen LogP contribution < -0.4 is 26.8 Å². The minimum absolute atomic E-state index is 0.0143. The number of hydrogen-bond acceptors (Lipinski definition) is 1. The van der Waals surface area contributed by atoms with Gasteiger partial charge in [0, 0.05) is 41.6 Å². The Labute approximate surface area is 317 Å². The third kappa shape index (κ3) is 6.19. The van der Waals surface area contributed by atoms with Crippen LogP contribution in [0.25, 0.3) is 0 Å². The second kappa shape index (κ2) is 14.4. The molecule has 0 N–H and O–H groups in total. The Balaban J connectivity index is 0.000000164. The number of aryl methyl sites for hydroxylation is 1. The highest BCUT2D eigenvalue weighted by atomic mass is 15.2. The number of hydrogen-bond donors (Lipinski definition) is 0. The van der Waals surface area contributed by atoms with Gasteiger partial charge in [-0.05, 0) is 38.5 Å². The van der Waals surface area contributed by atoms with Crippen molar-refractivity contribution in [1.82, 2.24) is 0 Å². The number of nitrogens with zero attached hydrogens (tertiary/aromatic N) is 2. The van der Waals surface area contributed by atoms with Gasteiger partial charge in [-0.3, -0.25) is 0 Å². The quantitative estimate of drug-likeness (QED) is 0.125. The maximum atomic E-state index is 2.32. The van der Waals surface area contributed by atoms with E-state index < -0.39 is 6.15 Å². The molecule has 0 saturated heterocycles. The minimum Gasteiger partial charge on any atom is -0.347 e. The molecule has 0 aliphatic carbocycles. The van der Waals surface area contributed by atoms with E-state index in [1.54, 1.807) is 0 Å². The SMILES string of the molecule is CN1/C(=C/C=C/C2=[N+](C)c3ccccc3C2(C)C)C(C)(C)c2ccccc21.Cc1ccccc1[B-](c1ccccc1)(c1ccccc1)c1ccccc1. The van der Waals surface area contributed by atoms with Crippen LogP contribution in [0.1, 0.15) is 44.4 Å². The van der Waals surface area contributed by atoms with E-state index in [2.05, 4.69) is 240 Å². The summed E-state index contributed by atoms with van der Waals surface area (Å²) < 4.78 is 2.32. The molecule has 0 saturated carbocycles. The highest BCUT2D eigenvalue weighted by molar-refractivity contribution is 7.20. The van der Waals surface area contributed by atoms with E-state index >= 15 is 0 Å². The molecule has 0 radical (unpaired) electrons. The highest BCUT2D eigenvalue weighted by Crippen LogP contribution is 2.46. The molecular formula is C50H51BN2. The number of rotatable bonds is 6. The Hall–Kier alpha value is -5.67. The smallest absolute Gasteiger partial charge is 0.209 e. The molecule has 3 heteroatoms. The molecular weight excluding hydrogens is 639 g/mol. The van der Waals surface area contributed by atoms with Gasteiger partial charge < -0.3 is 4.90 Å². The van der Waals surface area contributed by atoms with Crippen LogP contribution in [0.5, 0.6) is 0 Å². The van der Waals surface area contributed by atoms with E-state index in [-0.39, 0.29) is 10.8 Å². The second-order valence-electron chi connectivity index (χ2n) is 15.7. The summed E-state index contributed by atoms with van der Waals surface area (Å²) in [6.07, 6.45) is 5.54. The largest absolute Gasteiger partial charge is 0.347 e. The topological polar surface area (TPSA) is 6.25 Å². The summed E-state index contributed by atoms with van der Waals surface area (Å²) in [6.45, 7) is 11.5. The molecule has 2 aliphatic heterocycles. The Kier molecular flexibility index (Phi) is 9.70. The van der Waals surface area contributed by atoms with Crippen molar-refractivity contribution in [1.29, 1.82) is 0 Å². The molecule has 2 aliphatic rings. The lowest BCUT2D eigenvalue weighted by molar-refractivity contribution is -0.401. The average molecular weight is 691 g/mol. The minimum atomic E-state index is -1.24. The predicted molar refractivity (Wildman–Crippen MR) is 230 cm³/mol. The maximum Gasteiger partial charge on any atom is 0.209 e. The van der Waals surface area contributed by atoms with Gasteiger partial charge >= 0.3 is 0 Å². The van der Waals surface area contributed by atoms with Gasteiger partial charge in [-0.25, -0.2) is 0 Å². The number of para-hydroxylation sites is 2. The fraction of sp³-hybridized carbons (Fsp3) is 0.180. The van der Waals surface area contributed by atoms with Crippen molar-refractivity contribution >= 4 is 45.1 Å². The molecule has 6 aromatic carbocycles. The zero-order valence-corrected chi connectivity index (χ0v) is 32.3. The summed E-state index contributed by atoms with van der Waals surface area (Å²) in [5, 5.41) is 0. The van der Waals surface area contributed by atoms with E-state index in [4.69, 9.17) is 0 Å². The third-order valence-corrected chi connectivity index (χ3v) is 11.9. The summed E-state index contributed by atoms with van der Waals surface area (Å²) in [5.74, 6) is 0. The monoisotopic (exact) mass is 690 g/mol. The summed E-state index contributed by atoms with van der Waals surface area (Å²) >= 11 is 0. The second-order valence-corrected chi connectivity index (χ2v) is 15.7. The number of allylic oxidation sites excluding steroid dienone is 4. The van der Waals surface area contributed by atoms with E-state index in [0.717, 1.165) is 0 Å². The van der Waals surface area contributed by atoms with Gasteiger partial charge in [0.25, 0.3) is 0 Å². The van der Waals surface area contributed by atoms with E-state index in [1.807, 2.05) is 0 Å². The van der Waals surface area contributed by atoms with Gasteiger partial charge in [-0.2, -0.15) is 26.4 Å². The van der Waals surface area contributed by atoms with Crippen LogP contribution in [0.15, 0.2) is 188 Å². The zero-order chi connectivity index (χ0) is 37.2. The third-order valence-electron chi connectivity index (χ3n) is 11.9. The Morgan fingerprint density at radius 2 is 1.02 bits per heavy atom. The Bertz CT molecular complexity index is 2220. The summed E-state index contributed by atoms with van der Waals surface area (Å²) in [5.41, 5.74) is 14.8. The fourth-order valence-corrected chi connectivity index (χ4v) is 9.25. The van der Waals surface area contributed by atoms with Gasteiger partial charge in [0.1, 0.15) is 13.2 Å². The van der Waals surface area contributed by atoms with Crippen LogP contribution in [0.4, 0.5) is 11.4 Å². The molecule has 2 heterocycles.